The zero-order valence-corrected chi connectivity index (χ0v) is 17.6. The number of rotatable bonds is 3. The van der Waals surface area contributed by atoms with Gasteiger partial charge in [0.25, 0.3) is 0 Å². The molecule has 2 amide bonds. The highest BCUT2D eigenvalue weighted by molar-refractivity contribution is 9.10. The number of amides is 2. The minimum Gasteiger partial charge on any atom is -0.324 e. The first kappa shape index (κ1) is 19.4. The normalized spacial score (nSPS) is 16.0. The van der Waals surface area contributed by atoms with Gasteiger partial charge in [0.2, 0.25) is 11.8 Å². The molecule has 1 aliphatic rings. The van der Waals surface area contributed by atoms with Crippen LogP contribution >= 0.6 is 15.9 Å². The summed E-state index contributed by atoms with van der Waals surface area (Å²) >= 11 is 3.53. The fourth-order valence-corrected chi connectivity index (χ4v) is 4.18. The van der Waals surface area contributed by atoms with Crippen molar-refractivity contribution in [1.82, 2.24) is 4.90 Å². The molecule has 29 heavy (non-hydrogen) atoms. The lowest BCUT2D eigenvalue weighted by Crippen LogP contribution is -2.39. The third-order valence-corrected chi connectivity index (χ3v) is 5.57. The minimum absolute atomic E-state index is 0.0104. The van der Waals surface area contributed by atoms with Crippen LogP contribution in [0.1, 0.15) is 28.3 Å². The van der Waals surface area contributed by atoms with E-state index in [0.717, 1.165) is 32.4 Å². The van der Waals surface area contributed by atoms with Crippen LogP contribution < -0.4 is 5.32 Å². The van der Waals surface area contributed by atoms with Gasteiger partial charge in [0, 0.05) is 15.7 Å². The third-order valence-electron chi connectivity index (χ3n) is 5.08. The molecule has 1 N–H and O–H groups in total. The van der Waals surface area contributed by atoms with Crippen LogP contribution in [0.3, 0.4) is 0 Å². The Morgan fingerprint density at radius 1 is 1.07 bits per heavy atom. The summed E-state index contributed by atoms with van der Waals surface area (Å²) in [5.74, 6) is -0.267. The van der Waals surface area contributed by atoms with E-state index in [-0.39, 0.29) is 30.8 Å². The molecule has 4 nitrogen and oxygen atoms in total. The SMILES string of the molecule is Cc1cccc(CC(=O)N2CC(=O)Nc3ccc(Br)cc3[C@@H]2c2ccccc2)c1. The summed E-state index contributed by atoms with van der Waals surface area (Å²) in [5, 5.41) is 2.95. The molecule has 1 heterocycles. The maximum Gasteiger partial charge on any atom is 0.244 e. The number of fused-ring (bicyclic) bond motifs is 1. The molecular weight excluding hydrogens is 428 g/mol. The van der Waals surface area contributed by atoms with Gasteiger partial charge in [-0.1, -0.05) is 76.1 Å². The maximum atomic E-state index is 13.4. The van der Waals surface area contributed by atoms with E-state index in [0.29, 0.717) is 0 Å². The lowest BCUT2D eigenvalue weighted by molar-refractivity contribution is -0.135. The lowest BCUT2D eigenvalue weighted by atomic mass is 9.95. The highest BCUT2D eigenvalue weighted by Gasteiger charge is 2.33. The number of nitrogens with one attached hydrogen (secondary N) is 1. The predicted molar refractivity (Wildman–Crippen MR) is 118 cm³/mol. The zero-order valence-electron chi connectivity index (χ0n) is 16.1. The van der Waals surface area contributed by atoms with E-state index in [9.17, 15) is 9.59 Å². The van der Waals surface area contributed by atoms with E-state index >= 15 is 0 Å². The molecule has 0 saturated carbocycles. The van der Waals surface area contributed by atoms with Crippen molar-refractivity contribution in [2.24, 2.45) is 0 Å². The monoisotopic (exact) mass is 448 g/mol. The molecular formula is C24H21BrN2O2. The highest BCUT2D eigenvalue weighted by Crippen LogP contribution is 2.37. The number of benzene rings is 3. The molecule has 3 aromatic carbocycles. The van der Waals surface area contributed by atoms with Crippen molar-refractivity contribution in [1.29, 1.82) is 0 Å². The third kappa shape index (κ3) is 4.25. The van der Waals surface area contributed by atoms with Crippen LogP contribution in [0.2, 0.25) is 0 Å². The minimum atomic E-state index is -0.347. The van der Waals surface area contributed by atoms with Gasteiger partial charge in [0.05, 0.1) is 12.5 Å². The summed E-state index contributed by atoms with van der Waals surface area (Å²) in [4.78, 5) is 27.7. The number of anilines is 1. The van der Waals surface area contributed by atoms with Gasteiger partial charge in [-0.3, -0.25) is 9.59 Å². The Bertz CT molecular complexity index is 1070. The lowest BCUT2D eigenvalue weighted by Gasteiger charge is -2.31. The van der Waals surface area contributed by atoms with Crippen molar-refractivity contribution in [3.63, 3.8) is 0 Å². The smallest absolute Gasteiger partial charge is 0.244 e. The Hall–Kier alpha value is -2.92. The van der Waals surface area contributed by atoms with E-state index in [2.05, 4.69) is 21.2 Å². The second-order valence-electron chi connectivity index (χ2n) is 7.28. The van der Waals surface area contributed by atoms with Crippen molar-refractivity contribution in [2.45, 2.75) is 19.4 Å². The predicted octanol–water partition coefficient (Wildman–Crippen LogP) is 4.87. The van der Waals surface area contributed by atoms with E-state index in [1.807, 2.05) is 79.7 Å². The fraction of sp³-hybridized carbons (Fsp3) is 0.167. The second-order valence-corrected chi connectivity index (χ2v) is 8.20. The molecule has 0 unspecified atom stereocenters. The first-order valence-electron chi connectivity index (χ1n) is 9.50. The molecule has 1 aliphatic heterocycles. The van der Waals surface area contributed by atoms with E-state index in [1.165, 1.54) is 0 Å². The number of carbonyl (C=O) groups is 2. The number of hydrogen-bond donors (Lipinski definition) is 1. The molecule has 4 rings (SSSR count). The zero-order chi connectivity index (χ0) is 20.4. The van der Waals surface area contributed by atoms with E-state index < -0.39 is 0 Å². The van der Waals surface area contributed by atoms with Crippen molar-refractivity contribution in [3.05, 3.63) is 99.5 Å². The van der Waals surface area contributed by atoms with Gasteiger partial charge in [0.1, 0.15) is 6.54 Å². The van der Waals surface area contributed by atoms with Gasteiger partial charge in [-0.05, 0) is 36.2 Å². The van der Waals surface area contributed by atoms with Crippen LogP contribution in [0.5, 0.6) is 0 Å². The first-order chi connectivity index (χ1) is 14.0. The van der Waals surface area contributed by atoms with E-state index in [1.54, 1.807) is 4.90 Å². The average Bonchev–Trinajstić information content (AvgIpc) is 2.84. The Morgan fingerprint density at radius 3 is 2.62 bits per heavy atom. The quantitative estimate of drug-likeness (QED) is 0.621. The Kier molecular flexibility index (Phi) is 5.49. The number of aryl methyl sites for hydroxylation is 1. The van der Waals surface area contributed by atoms with Gasteiger partial charge in [-0.25, -0.2) is 0 Å². The Morgan fingerprint density at radius 2 is 1.86 bits per heavy atom. The standard InChI is InChI=1S/C24H21BrN2O2/c1-16-6-5-7-17(12-16)13-23(29)27-15-22(28)26-21-11-10-19(25)14-20(21)24(27)18-8-3-2-4-9-18/h2-12,14,24H,13,15H2,1H3,(H,26,28)/t24-/m0/s1. The number of carbonyl (C=O) groups excluding carboxylic acids is 2. The van der Waals surface area contributed by atoms with Gasteiger partial charge < -0.3 is 10.2 Å². The van der Waals surface area contributed by atoms with E-state index in [4.69, 9.17) is 0 Å². The number of hydrogen-bond acceptors (Lipinski definition) is 2. The molecule has 146 valence electrons. The topological polar surface area (TPSA) is 49.4 Å². The first-order valence-corrected chi connectivity index (χ1v) is 10.3. The molecule has 0 aliphatic carbocycles. The summed E-state index contributed by atoms with van der Waals surface area (Å²) in [5.41, 5.74) is 4.66. The average molecular weight is 449 g/mol. The van der Waals surface area contributed by atoms with Crippen molar-refractivity contribution in [2.75, 3.05) is 11.9 Å². The van der Waals surface area contributed by atoms with Crippen LogP contribution in [0.15, 0.2) is 77.3 Å². The van der Waals surface area contributed by atoms with Crippen LogP contribution in [0.25, 0.3) is 0 Å². The summed E-state index contributed by atoms with van der Waals surface area (Å²) in [6.45, 7) is 2.02. The Balaban J connectivity index is 1.79. The van der Waals surface area contributed by atoms with Crippen molar-refractivity contribution in [3.8, 4) is 0 Å². The van der Waals surface area contributed by atoms with Crippen LogP contribution in [-0.2, 0) is 16.0 Å². The summed E-state index contributed by atoms with van der Waals surface area (Å²) < 4.78 is 0.902. The molecule has 0 bridgehead atoms. The largest absolute Gasteiger partial charge is 0.324 e. The highest BCUT2D eigenvalue weighted by atomic mass is 79.9. The number of nitrogens with zero attached hydrogens (tertiary/aromatic N) is 1. The maximum absolute atomic E-state index is 13.4. The summed E-state index contributed by atoms with van der Waals surface area (Å²) in [6, 6.07) is 23.2. The molecule has 0 spiro atoms. The number of halogens is 1. The molecule has 0 radical (unpaired) electrons. The molecule has 5 heteroatoms. The molecule has 0 aromatic heterocycles. The van der Waals surface area contributed by atoms with Crippen LogP contribution in [-0.4, -0.2) is 23.3 Å². The van der Waals surface area contributed by atoms with Gasteiger partial charge in [0.15, 0.2) is 0 Å². The summed E-state index contributed by atoms with van der Waals surface area (Å²) in [6.07, 6.45) is 0.252. The molecule has 0 saturated heterocycles. The van der Waals surface area contributed by atoms with Gasteiger partial charge >= 0.3 is 0 Å². The molecule has 3 aromatic rings. The molecule has 0 fully saturated rings. The second kappa shape index (κ2) is 8.21. The van der Waals surface area contributed by atoms with Gasteiger partial charge in [-0.15, -0.1) is 0 Å². The van der Waals surface area contributed by atoms with Gasteiger partial charge in [-0.2, -0.15) is 0 Å². The molecule has 1 atom stereocenters. The van der Waals surface area contributed by atoms with Crippen LogP contribution in [0.4, 0.5) is 5.69 Å². The summed E-state index contributed by atoms with van der Waals surface area (Å²) in [7, 11) is 0. The van der Waals surface area contributed by atoms with Crippen molar-refractivity contribution >= 4 is 33.4 Å². The van der Waals surface area contributed by atoms with Crippen LogP contribution in [0, 0.1) is 6.92 Å². The fourth-order valence-electron chi connectivity index (χ4n) is 3.80. The Labute approximate surface area is 178 Å². The van der Waals surface area contributed by atoms with Crippen molar-refractivity contribution < 1.29 is 9.59 Å².